The summed E-state index contributed by atoms with van der Waals surface area (Å²) >= 11 is 0. The van der Waals surface area contributed by atoms with Crippen LogP contribution in [0.2, 0.25) is 0 Å². The molecule has 0 bridgehead atoms. The number of nitrogens with zero attached hydrogens (tertiary/aromatic N) is 2. The molecule has 108 valence electrons. The lowest BCUT2D eigenvalue weighted by Crippen LogP contribution is -2.06. The summed E-state index contributed by atoms with van der Waals surface area (Å²) in [5.74, 6) is -0.771. The number of nitrogens with two attached hydrogens (primary N) is 1. The van der Waals surface area contributed by atoms with E-state index in [-0.39, 0.29) is 23.1 Å². The lowest BCUT2D eigenvalue weighted by Gasteiger charge is -2.11. The van der Waals surface area contributed by atoms with Gasteiger partial charge in [-0.3, -0.25) is 0 Å². The largest absolute Gasteiger partial charge is 0.416 e. The van der Waals surface area contributed by atoms with E-state index in [0.717, 1.165) is 12.1 Å². The van der Waals surface area contributed by atoms with Crippen LogP contribution in [0, 0.1) is 5.82 Å². The molecule has 0 saturated heterocycles. The van der Waals surface area contributed by atoms with E-state index >= 15 is 0 Å². The molecule has 0 fully saturated rings. The van der Waals surface area contributed by atoms with Gasteiger partial charge in [-0.1, -0.05) is 0 Å². The number of hydrogen-bond acceptors (Lipinski definition) is 2. The summed E-state index contributed by atoms with van der Waals surface area (Å²) in [5, 5.41) is 0. The third-order valence-electron chi connectivity index (χ3n) is 2.89. The van der Waals surface area contributed by atoms with Gasteiger partial charge in [-0.25, -0.2) is 9.37 Å². The molecule has 1 heterocycles. The molecule has 2 rings (SSSR count). The molecule has 2 aromatic rings. The zero-order valence-corrected chi connectivity index (χ0v) is 10.9. The number of nitrogen functional groups attached to an aromatic ring is 1. The molecule has 2 N–H and O–H groups in total. The highest BCUT2D eigenvalue weighted by molar-refractivity contribution is 5.71. The third kappa shape index (κ3) is 2.61. The first kappa shape index (κ1) is 14.4. The van der Waals surface area contributed by atoms with Crippen molar-refractivity contribution in [3.05, 3.63) is 35.9 Å². The van der Waals surface area contributed by atoms with Crippen molar-refractivity contribution in [2.45, 2.75) is 26.1 Å². The lowest BCUT2D eigenvalue weighted by molar-refractivity contribution is -0.137. The average Bonchev–Trinajstić information content (AvgIpc) is 2.69. The SMILES string of the molecule is CC(C)n1cnc(-c2cc(F)cc(C(F)(F)F)c2)c1N. The van der Waals surface area contributed by atoms with Crippen LogP contribution in [0.3, 0.4) is 0 Å². The average molecular weight is 287 g/mol. The van der Waals surface area contributed by atoms with Crippen LogP contribution in [0.4, 0.5) is 23.4 Å². The Hall–Kier alpha value is -2.05. The molecule has 1 aromatic heterocycles. The monoisotopic (exact) mass is 287 g/mol. The summed E-state index contributed by atoms with van der Waals surface area (Å²) < 4.78 is 53.0. The van der Waals surface area contributed by atoms with Gasteiger partial charge in [-0.15, -0.1) is 0 Å². The molecular formula is C13H13F4N3. The summed E-state index contributed by atoms with van der Waals surface area (Å²) in [6, 6.07) is 2.27. The molecule has 0 unspecified atom stereocenters. The number of aromatic nitrogens is 2. The summed E-state index contributed by atoms with van der Waals surface area (Å²) in [6.45, 7) is 3.71. The van der Waals surface area contributed by atoms with Crippen LogP contribution < -0.4 is 5.73 Å². The summed E-state index contributed by atoms with van der Waals surface area (Å²) in [6.07, 6.45) is -3.19. The molecule has 0 atom stereocenters. The Morgan fingerprint density at radius 2 is 1.85 bits per heavy atom. The van der Waals surface area contributed by atoms with Crippen molar-refractivity contribution in [3.8, 4) is 11.3 Å². The van der Waals surface area contributed by atoms with Crippen LogP contribution >= 0.6 is 0 Å². The maximum Gasteiger partial charge on any atom is 0.416 e. The van der Waals surface area contributed by atoms with Gasteiger partial charge in [0, 0.05) is 11.6 Å². The van der Waals surface area contributed by atoms with Gasteiger partial charge in [0.1, 0.15) is 17.3 Å². The van der Waals surface area contributed by atoms with Gasteiger partial charge < -0.3 is 10.3 Å². The topological polar surface area (TPSA) is 43.8 Å². The van der Waals surface area contributed by atoms with Crippen molar-refractivity contribution in [2.24, 2.45) is 0 Å². The first-order valence-electron chi connectivity index (χ1n) is 5.90. The van der Waals surface area contributed by atoms with Crippen LogP contribution in [0.15, 0.2) is 24.5 Å². The second-order valence-corrected chi connectivity index (χ2v) is 4.71. The minimum Gasteiger partial charge on any atom is -0.383 e. The number of alkyl halides is 3. The van der Waals surface area contributed by atoms with Gasteiger partial charge in [0.25, 0.3) is 0 Å². The Morgan fingerprint density at radius 1 is 1.20 bits per heavy atom. The van der Waals surface area contributed by atoms with E-state index in [1.807, 2.05) is 13.8 Å². The predicted molar refractivity (Wildman–Crippen MR) is 67.4 cm³/mol. The zero-order chi connectivity index (χ0) is 15.1. The second kappa shape index (κ2) is 4.81. The Labute approximate surface area is 113 Å². The van der Waals surface area contributed by atoms with E-state index in [1.165, 1.54) is 6.33 Å². The zero-order valence-electron chi connectivity index (χ0n) is 10.9. The van der Waals surface area contributed by atoms with E-state index in [0.29, 0.717) is 6.07 Å². The molecule has 0 saturated carbocycles. The molecule has 3 nitrogen and oxygen atoms in total. The number of benzene rings is 1. The predicted octanol–water partition coefficient (Wildman–Crippen LogP) is 3.87. The smallest absolute Gasteiger partial charge is 0.383 e. The van der Waals surface area contributed by atoms with Gasteiger partial charge >= 0.3 is 6.18 Å². The van der Waals surface area contributed by atoms with Crippen molar-refractivity contribution in [1.29, 1.82) is 0 Å². The highest BCUT2D eigenvalue weighted by Crippen LogP contribution is 2.34. The van der Waals surface area contributed by atoms with Gasteiger partial charge in [-0.2, -0.15) is 13.2 Å². The van der Waals surface area contributed by atoms with Crippen LogP contribution in [0.1, 0.15) is 25.5 Å². The van der Waals surface area contributed by atoms with Gasteiger partial charge in [-0.05, 0) is 32.0 Å². The maximum atomic E-state index is 13.4. The molecule has 0 radical (unpaired) electrons. The second-order valence-electron chi connectivity index (χ2n) is 4.71. The van der Waals surface area contributed by atoms with Crippen molar-refractivity contribution in [3.63, 3.8) is 0 Å². The quantitative estimate of drug-likeness (QED) is 0.852. The van der Waals surface area contributed by atoms with Gasteiger partial charge in [0.2, 0.25) is 0 Å². The van der Waals surface area contributed by atoms with Crippen LogP contribution in [0.5, 0.6) is 0 Å². The van der Waals surface area contributed by atoms with Crippen molar-refractivity contribution in [2.75, 3.05) is 5.73 Å². The van der Waals surface area contributed by atoms with Gasteiger partial charge in [0.05, 0.1) is 11.9 Å². The highest BCUT2D eigenvalue weighted by Gasteiger charge is 2.31. The first-order chi connectivity index (χ1) is 9.20. The van der Waals surface area contributed by atoms with Crippen molar-refractivity contribution < 1.29 is 17.6 Å². The molecule has 0 aliphatic heterocycles. The van der Waals surface area contributed by atoms with Gasteiger partial charge in [0.15, 0.2) is 0 Å². The minimum absolute atomic E-state index is 0.00638. The van der Waals surface area contributed by atoms with E-state index in [4.69, 9.17) is 5.73 Å². The van der Waals surface area contributed by atoms with Crippen molar-refractivity contribution >= 4 is 5.82 Å². The standard InChI is InChI=1S/C13H13F4N3/c1-7(2)20-6-19-11(12(20)18)8-3-9(13(15,16)17)5-10(14)4-8/h3-7H,18H2,1-2H3. The molecule has 7 heteroatoms. The number of anilines is 1. The fraction of sp³-hybridized carbons (Fsp3) is 0.308. The Bertz CT molecular complexity index is 629. The van der Waals surface area contributed by atoms with E-state index in [9.17, 15) is 17.6 Å². The number of imidazole rings is 1. The lowest BCUT2D eigenvalue weighted by atomic mass is 10.1. The van der Waals surface area contributed by atoms with Crippen LogP contribution in [-0.2, 0) is 6.18 Å². The minimum atomic E-state index is -4.62. The van der Waals surface area contributed by atoms with E-state index in [1.54, 1.807) is 4.57 Å². The molecular weight excluding hydrogens is 274 g/mol. The number of hydrogen-bond donors (Lipinski definition) is 1. The Kier molecular flexibility index (Phi) is 3.45. The number of halogens is 4. The first-order valence-corrected chi connectivity index (χ1v) is 5.90. The fourth-order valence-electron chi connectivity index (χ4n) is 1.89. The molecule has 0 aliphatic rings. The summed E-state index contributed by atoms with van der Waals surface area (Å²) in [5.41, 5.74) is 4.93. The van der Waals surface area contributed by atoms with Crippen molar-refractivity contribution in [1.82, 2.24) is 9.55 Å². The van der Waals surface area contributed by atoms with Crippen LogP contribution in [0.25, 0.3) is 11.3 Å². The maximum absolute atomic E-state index is 13.4. The third-order valence-corrected chi connectivity index (χ3v) is 2.89. The summed E-state index contributed by atoms with van der Waals surface area (Å²) in [4.78, 5) is 3.98. The highest BCUT2D eigenvalue weighted by atomic mass is 19.4. The Morgan fingerprint density at radius 3 is 2.35 bits per heavy atom. The van der Waals surface area contributed by atoms with E-state index < -0.39 is 17.6 Å². The Balaban J connectivity index is 2.56. The van der Waals surface area contributed by atoms with Crippen LogP contribution in [-0.4, -0.2) is 9.55 Å². The molecule has 1 aromatic carbocycles. The van der Waals surface area contributed by atoms with E-state index in [2.05, 4.69) is 4.98 Å². The fourth-order valence-corrected chi connectivity index (χ4v) is 1.89. The number of rotatable bonds is 2. The molecule has 0 spiro atoms. The summed E-state index contributed by atoms with van der Waals surface area (Å²) in [7, 11) is 0. The molecule has 0 amide bonds. The molecule has 0 aliphatic carbocycles. The molecule has 20 heavy (non-hydrogen) atoms. The normalized spacial score (nSPS) is 12.2.